The van der Waals surface area contributed by atoms with E-state index in [0.29, 0.717) is 24.8 Å². The van der Waals surface area contributed by atoms with Crippen molar-refractivity contribution in [3.8, 4) is 0 Å². The lowest BCUT2D eigenvalue weighted by Gasteiger charge is -2.26. The molecule has 1 N–H and O–H groups in total. The van der Waals surface area contributed by atoms with Crippen molar-refractivity contribution in [1.82, 2.24) is 19.7 Å². The van der Waals surface area contributed by atoms with Crippen molar-refractivity contribution >= 4 is 17.5 Å². The number of rotatable bonds is 3. The lowest BCUT2D eigenvalue weighted by Crippen LogP contribution is -2.37. The highest BCUT2D eigenvalue weighted by Gasteiger charge is 2.14. The molecule has 0 bridgehead atoms. The maximum Gasteiger partial charge on any atom is 0.276 e. The van der Waals surface area contributed by atoms with E-state index in [-0.39, 0.29) is 11.3 Å². The van der Waals surface area contributed by atoms with E-state index < -0.39 is 5.91 Å². The zero-order chi connectivity index (χ0) is 16.2. The lowest BCUT2D eigenvalue weighted by molar-refractivity contribution is 0.102. The summed E-state index contributed by atoms with van der Waals surface area (Å²) in [5, 5.41) is 6.54. The van der Waals surface area contributed by atoms with Gasteiger partial charge in [-0.05, 0) is 6.07 Å². The van der Waals surface area contributed by atoms with Gasteiger partial charge in [0.1, 0.15) is 5.69 Å². The van der Waals surface area contributed by atoms with Crippen molar-refractivity contribution in [2.24, 2.45) is 7.05 Å². The molecule has 2 aromatic heterocycles. The molecule has 0 aromatic carbocycles. The number of aryl methyl sites for hydroxylation is 1. The minimum Gasteiger partial charge on any atom is -0.378 e. The summed E-state index contributed by atoms with van der Waals surface area (Å²) in [6, 6.07) is 2.67. The van der Waals surface area contributed by atoms with Crippen LogP contribution in [0.2, 0.25) is 0 Å². The van der Waals surface area contributed by atoms with Crippen molar-refractivity contribution in [1.29, 1.82) is 0 Å². The molecule has 0 saturated carbocycles. The Morgan fingerprint density at radius 2 is 1.91 bits per heavy atom. The van der Waals surface area contributed by atoms with Crippen molar-refractivity contribution in [3.63, 3.8) is 0 Å². The van der Waals surface area contributed by atoms with E-state index in [1.54, 1.807) is 0 Å². The average Bonchev–Trinajstić information content (AvgIpc) is 2.59. The molecule has 0 spiro atoms. The summed E-state index contributed by atoms with van der Waals surface area (Å²) in [5.74, 6) is 0.176. The van der Waals surface area contributed by atoms with Crippen molar-refractivity contribution in [2.75, 3.05) is 36.5 Å². The molecule has 0 aliphatic carbocycles. The first kappa shape index (κ1) is 15.1. The standard InChI is InChI=1S/C14H16N6O3/c1-19-12(21)3-2-11(18-19)13(22)17-10-8-15-14(16-9-10)20-4-6-23-7-5-20/h2-3,8-9H,4-7H2,1H3,(H,17,22). The summed E-state index contributed by atoms with van der Waals surface area (Å²) in [5.41, 5.74) is 0.326. The van der Waals surface area contributed by atoms with Crippen LogP contribution in [0.1, 0.15) is 10.5 Å². The number of morpholine rings is 1. The normalized spacial score (nSPS) is 14.6. The predicted octanol–water partition coefficient (Wildman–Crippen LogP) is -0.341. The number of hydrogen-bond donors (Lipinski definition) is 1. The fraction of sp³-hybridized carbons (Fsp3) is 0.357. The highest BCUT2D eigenvalue weighted by atomic mass is 16.5. The summed E-state index contributed by atoms with van der Waals surface area (Å²) in [6.45, 7) is 2.79. The molecule has 1 saturated heterocycles. The van der Waals surface area contributed by atoms with Crippen molar-refractivity contribution < 1.29 is 9.53 Å². The molecule has 0 radical (unpaired) electrons. The Balaban J connectivity index is 1.68. The fourth-order valence-electron chi connectivity index (χ4n) is 2.13. The molecule has 0 unspecified atom stereocenters. The second-order valence-electron chi connectivity index (χ2n) is 5.01. The second kappa shape index (κ2) is 6.53. The smallest absolute Gasteiger partial charge is 0.276 e. The molecular weight excluding hydrogens is 300 g/mol. The first-order valence-corrected chi connectivity index (χ1v) is 7.14. The molecule has 3 heterocycles. The molecular formula is C14H16N6O3. The topological polar surface area (TPSA) is 102 Å². The number of carbonyl (C=O) groups excluding carboxylic acids is 1. The Labute approximate surface area is 131 Å². The summed E-state index contributed by atoms with van der Waals surface area (Å²) in [4.78, 5) is 33.9. The van der Waals surface area contributed by atoms with Gasteiger partial charge in [-0.15, -0.1) is 0 Å². The molecule has 9 nitrogen and oxygen atoms in total. The number of ether oxygens (including phenoxy) is 1. The van der Waals surface area contributed by atoms with Crippen LogP contribution in [-0.4, -0.2) is 52.0 Å². The van der Waals surface area contributed by atoms with E-state index in [1.807, 2.05) is 4.90 Å². The highest BCUT2D eigenvalue weighted by molar-refractivity contribution is 6.02. The molecule has 9 heteroatoms. The van der Waals surface area contributed by atoms with Gasteiger partial charge in [0.25, 0.3) is 11.5 Å². The number of amides is 1. The van der Waals surface area contributed by atoms with E-state index in [9.17, 15) is 9.59 Å². The Hall–Kier alpha value is -2.81. The van der Waals surface area contributed by atoms with Crippen LogP contribution in [0.4, 0.5) is 11.6 Å². The van der Waals surface area contributed by atoms with Crippen LogP contribution in [0.25, 0.3) is 0 Å². The number of aromatic nitrogens is 4. The number of nitrogens with zero attached hydrogens (tertiary/aromatic N) is 5. The van der Waals surface area contributed by atoms with Crippen LogP contribution in [0.3, 0.4) is 0 Å². The van der Waals surface area contributed by atoms with Crippen molar-refractivity contribution in [3.05, 3.63) is 40.6 Å². The number of hydrogen-bond acceptors (Lipinski definition) is 7. The van der Waals surface area contributed by atoms with E-state index in [4.69, 9.17) is 4.74 Å². The maximum absolute atomic E-state index is 12.1. The van der Waals surface area contributed by atoms with Crippen LogP contribution >= 0.6 is 0 Å². The average molecular weight is 316 g/mol. The number of anilines is 2. The molecule has 2 aromatic rings. The summed E-state index contributed by atoms with van der Waals surface area (Å²) >= 11 is 0. The first-order valence-electron chi connectivity index (χ1n) is 7.14. The van der Waals surface area contributed by atoms with E-state index in [0.717, 1.165) is 17.8 Å². The molecule has 3 rings (SSSR count). The lowest BCUT2D eigenvalue weighted by atomic mass is 10.3. The summed E-state index contributed by atoms with van der Waals surface area (Å²) in [7, 11) is 1.49. The van der Waals surface area contributed by atoms with Gasteiger partial charge in [0, 0.05) is 26.2 Å². The van der Waals surface area contributed by atoms with E-state index >= 15 is 0 Å². The van der Waals surface area contributed by atoms with Crippen molar-refractivity contribution in [2.45, 2.75) is 0 Å². The SMILES string of the molecule is Cn1nc(C(=O)Nc2cnc(N3CCOCC3)nc2)ccc1=O. The van der Waals surface area contributed by atoms with Crippen LogP contribution in [0, 0.1) is 0 Å². The Bertz CT molecular complexity index is 752. The van der Waals surface area contributed by atoms with Gasteiger partial charge >= 0.3 is 0 Å². The largest absolute Gasteiger partial charge is 0.378 e. The monoisotopic (exact) mass is 316 g/mol. The third-order valence-electron chi connectivity index (χ3n) is 3.38. The maximum atomic E-state index is 12.1. The minimum absolute atomic E-state index is 0.143. The van der Waals surface area contributed by atoms with Crippen LogP contribution in [0.5, 0.6) is 0 Å². The van der Waals surface area contributed by atoms with E-state index in [2.05, 4.69) is 20.4 Å². The number of nitrogens with one attached hydrogen (secondary N) is 1. The fourth-order valence-corrected chi connectivity index (χ4v) is 2.13. The van der Waals surface area contributed by atoms with Crippen LogP contribution in [-0.2, 0) is 11.8 Å². The van der Waals surface area contributed by atoms with Gasteiger partial charge in [0.05, 0.1) is 31.3 Å². The molecule has 120 valence electrons. The number of carbonyl (C=O) groups is 1. The zero-order valence-corrected chi connectivity index (χ0v) is 12.6. The predicted molar refractivity (Wildman–Crippen MR) is 82.5 cm³/mol. The van der Waals surface area contributed by atoms with Gasteiger partial charge in [-0.2, -0.15) is 5.10 Å². The highest BCUT2D eigenvalue weighted by Crippen LogP contribution is 2.12. The van der Waals surface area contributed by atoms with Gasteiger partial charge in [-0.1, -0.05) is 0 Å². The molecule has 23 heavy (non-hydrogen) atoms. The second-order valence-corrected chi connectivity index (χ2v) is 5.01. The van der Waals surface area contributed by atoms with Gasteiger partial charge in [-0.25, -0.2) is 14.6 Å². The summed E-state index contributed by atoms with van der Waals surface area (Å²) in [6.07, 6.45) is 3.08. The van der Waals surface area contributed by atoms with Crippen LogP contribution < -0.4 is 15.8 Å². The quantitative estimate of drug-likeness (QED) is 0.826. The third kappa shape index (κ3) is 3.51. The third-order valence-corrected chi connectivity index (χ3v) is 3.38. The van der Waals surface area contributed by atoms with Gasteiger partial charge in [-0.3, -0.25) is 9.59 Å². The Kier molecular flexibility index (Phi) is 4.29. The Morgan fingerprint density at radius 1 is 1.22 bits per heavy atom. The molecule has 0 atom stereocenters. The first-order chi connectivity index (χ1) is 11.1. The van der Waals surface area contributed by atoms with E-state index in [1.165, 1.54) is 31.6 Å². The molecule has 1 fully saturated rings. The molecule has 1 aliphatic rings. The molecule has 1 aliphatic heterocycles. The summed E-state index contributed by atoms with van der Waals surface area (Å²) < 4.78 is 6.38. The Morgan fingerprint density at radius 3 is 2.57 bits per heavy atom. The van der Waals surface area contributed by atoms with Gasteiger partial charge < -0.3 is 15.0 Å². The van der Waals surface area contributed by atoms with Crippen LogP contribution in [0.15, 0.2) is 29.3 Å². The van der Waals surface area contributed by atoms with Gasteiger partial charge in [0.15, 0.2) is 0 Å². The molecule has 1 amide bonds. The minimum atomic E-state index is -0.427. The zero-order valence-electron chi connectivity index (χ0n) is 12.6. The van der Waals surface area contributed by atoms with Gasteiger partial charge in [0.2, 0.25) is 5.95 Å².